The van der Waals surface area contributed by atoms with Gasteiger partial charge in [-0.1, -0.05) is 11.6 Å². The Kier molecular flexibility index (Phi) is 4.65. The van der Waals surface area contributed by atoms with Crippen LogP contribution in [0.4, 0.5) is 0 Å². The van der Waals surface area contributed by atoms with Gasteiger partial charge in [-0.05, 0) is 70.9 Å². The van der Waals surface area contributed by atoms with E-state index in [0.717, 1.165) is 36.8 Å². The zero-order valence-corrected chi connectivity index (χ0v) is 17.9. The van der Waals surface area contributed by atoms with Crippen LogP contribution in [0.3, 0.4) is 0 Å². The third-order valence-corrected chi connectivity index (χ3v) is 5.89. The fourth-order valence-electron chi connectivity index (χ4n) is 3.89. The third kappa shape index (κ3) is 3.02. The van der Waals surface area contributed by atoms with Crippen LogP contribution < -0.4 is 5.63 Å². The molecule has 0 aliphatic heterocycles. The molecule has 30 heavy (non-hydrogen) atoms. The average molecular weight is 483 g/mol. The molecule has 0 radical (unpaired) electrons. The number of aryl methyl sites for hydroxylation is 1. The molecule has 0 atom stereocenters. The minimum Gasteiger partial charge on any atom is -0.401 e. The maximum atomic E-state index is 12.8. The molecular weight excluding hydrogens is 470 g/mol. The molecule has 0 amide bonds. The SMILES string of the molecule is N#Cc1cc2c(=O)oc(-c3cc(Br)nn3-c3ncccc3Cl)nc2c2c1CCCC2. The summed E-state index contributed by atoms with van der Waals surface area (Å²) in [5, 5.41) is 14.6. The lowest BCUT2D eigenvalue weighted by Gasteiger charge is -2.18. The van der Waals surface area contributed by atoms with E-state index in [1.54, 1.807) is 30.5 Å². The Morgan fingerprint density at radius 3 is 2.80 bits per heavy atom. The van der Waals surface area contributed by atoms with E-state index in [1.165, 1.54) is 4.68 Å². The monoisotopic (exact) mass is 481 g/mol. The highest BCUT2D eigenvalue weighted by atomic mass is 79.9. The standard InChI is InChI=1S/C21H13BrClN5O2/c22-17-9-16(28(27-17)19-15(23)6-3-7-25-19)20-26-18-13-5-2-1-4-12(13)11(10-24)8-14(18)21(29)30-20/h3,6-9H,1-2,4-5H2. The molecule has 0 N–H and O–H groups in total. The van der Waals surface area contributed by atoms with E-state index in [9.17, 15) is 10.1 Å². The van der Waals surface area contributed by atoms with Crippen molar-refractivity contribution in [1.82, 2.24) is 19.7 Å². The normalized spacial score (nSPS) is 13.2. The number of hydrogen-bond donors (Lipinski definition) is 0. The van der Waals surface area contributed by atoms with E-state index in [2.05, 4.69) is 32.1 Å². The summed E-state index contributed by atoms with van der Waals surface area (Å²) in [6.07, 6.45) is 5.18. The van der Waals surface area contributed by atoms with Crippen LogP contribution in [0.2, 0.25) is 5.02 Å². The number of fused-ring (bicyclic) bond motifs is 3. The Bertz CT molecular complexity index is 1420. The first-order chi connectivity index (χ1) is 14.6. The fraction of sp³-hybridized carbons (Fsp3) is 0.190. The summed E-state index contributed by atoms with van der Waals surface area (Å²) in [4.78, 5) is 21.8. The van der Waals surface area contributed by atoms with Crippen LogP contribution in [-0.2, 0) is 12.8 Å². The topological polar surface area (TPSA) is 97.6 Å². The molecule has 7 nitrogen and oxygen atoms in total. The summed E-state index contributed by atoms with van der Waals surface area (Å²) in [7, 11) is 0. The van der Waals surface area contributed by atoms with Gasteiger partial charge < -0.3 is 4.42 Å². The summed E-state index contributed by atoms with van der Waals surface area (Å²) in [5.41, 5.74) is 2.91. The lowest BCUT2D eigenvalue weighted by Crippen LogP contribution is -2.12. The summed E-state index contributed by atoms with van der Waals surface area (Å²) >= 11 is 9.66. The number of benzene rings is 1. The Morgan fingerprint density at radius 1 is 1.23 bits per heavy atom. The summed E-state index contributed by atoms with van der Waals surface area (Å²) in [6.45, 7) is 0. The molecule has 5 rings (SSSR count). The first-order valence-corrected chi connectivity index (χ1v) is 10.5. The molecule has 0 unspecified atom stereocenters. The Labute approximate surface area is 184 Å². The smallest absolute Gasteiger partial charge is 0.347 e. The Balaban J connectivity index is 1.80. The highest BCUT2D eigenvalue weighted by molar-refractivity contribution is 9.10. The van der Waals surface area contributed by atoms with Gasteiger partial charge in [-0.25, -0.2) is 19.4 Å². The number of nitriles is 1. The van der Waals surface area contributed by atoms with Crippen LogP contribution >= 0.6 is 27.5 Å². The first kappa shape index (κ1) is 19.0. The van der Waals surface area contributed by atoms with Gasteiger partial charge in [0, 0.05) is 12.3 Å². The van der Waals surface area contributed by atoms with Crippen molar-refractivity contribution in [1.29, 1.82) is 5.26 Å². The van der Waals surface area contributed by atoms with Crippen LogP contribution in [0.1, 0.15) is 29.5 Å². The van der Waals surface area contributed by atoms with Crippen molar-refractivity contribution in [3.8, 4) is 23.5 Å². The second-order valence-electron chi connectivity index (χ2n) is 6.98. The van der Waals surface area contributed by atoms with Crippen LogP contribution in [0, 0.1) is 11.3 Å². The zero-order chi connectivity index (χ0) is 20.8. The second-order valence-corrected chi connectivity index (χ2v) is 8.20. The molecule has 1 aliphatic rings. The molecule has 1 aliphatic carbocycles. The number of rotatable bonds is 2. The van der Waals surface area contributed by atoms with Crippen LogP contribution in [0.5, 0.6) is 0 Å². The quantitative estimate of drug-likeness (QED) is 0.414. The maximum Gasteiger partial charge on any atom is 0.347 e. The summed E-state index contributed by atoms with van der Waals surface area (Å²) < 4.78 is 7.56. The van der Waals surface area contributed by atoms with Crippen LogP contribution in [-0.4, -0.2) is 19.7 Å². The van der Waals surface area contributed by atoms with Crippen molar-refractivity contribution < 1.29 is 4.42 Å². The highest BCUT2D eigenvalue weighted by Crippen LogP contribution is 2.32. The largest absolute Gasteiger partial charge is 0.401 e. The lowest BCUT2D eigenvalue weighted by atomic mass is 9.87. The number of nitrogens with zero attached hydrogens (tertiary/aromatic N) is 5. The van der Waals surface area contributed by atoms with Crippen molar-refractivity contribution >= 4 is 38.4 Å². The lowest BCUT2D eigenvalue weighted by molar-refractivity contribution is 0.512. The number of halogens is 2. The molecule has 0 saturated carbocycles. The summed E-state index contributed by atoms with van der Waals surface area (Å²) in [5.74, 6) is 0.510. The van der Waals surface area contributed by atoms with Gasteiger partial charge >= 0.3 is 5.63 Å². The zero-order valence-electron chi connectivity index (χ0n) is 15.5. The van der Waals surface area contributed by atoms with Crippen molar-refractivity contribution in [2.45, 2.75) is 25.7 Å². The molecule has 148 valence electrons. The van der Waals surface area contributed by atoms with Crippen molar-refractivity contribution in [2.75, 3.05) is 0 Å². The van der Waals surface area contributed by atoms with Crippen molar-refractivity contribution in [2.24, 2.45) is 0 Å². The van der Waals surface area contributed by atoms with Crippen LogP contribution in [0.15, 0.2) is 44.3 Å². The van der Waals surface area contributed by atoms with Crippen molar-refractivity contribution in [3.05, 3.63) is 67.2 Å². The van der Waals surface area contributed by atoms with Gasteiger partial charge in [-0.15, -0.1) is 0 Å². The van der Waals surface area contributed by atoms with E-state index in [4.69, 9.17) is 21.0 Å². The average Bonchev–Trinajstić information content (AvgIpc) is 3.15. The maximum absolute atomic E-state index is 12.8. The first-order valence-electron chi connectivity index (χ1n) is 9.33. The van der Waals surface area contributed by atoms with Gasteiger partial charge in [-0.3, -0.25) is 0 Å². The van der Waals surface area contributed by atoms with Gasteiger partial charge in [0.25, 0.3) is 0 Å². The molecule has 9 heteroatoms. The van der Waals surface area contributed by atoms with E-state index >= 15 is 0 Å². The third-order valence-electron chi connectivity index (χ3n) is 5.20. The molecule has 0 saturated heterocycles. The number of pyridine rings is 1. The summed E-state index contributed by atoms with van der Waals surface area (Å²) in [6, 6.07) is 8.91. The van der Waals surface area contributed by atoms with Crippen LogP contribution in [0.25, 0.3) is 28.3 Å². The molecule has 0 fully saturated rings. The minimum atomic E-state index is -0.545. The second kappa shape index (κ2) is 7.35. The molecule has 4 aromatic rings. The predicted molar refractivity (Wildman–Crippen MR) is 115 cm³/mol. The molecule has 3 aromatic heterocycles. The van der Waals surface area contributed by atoms with Gasteiger partial charge in [0.2, 0.25) is 5.89 Å². The van der Waals surface area contributed by atoms with E-state index in [1.807, 2.05) is 0 Å². The number of hydrogen-bond acceptors (Lipinski definition) is 6. The minimum absolute atomic E-state index is 0.116. The fourth-order valence-corrected chi connectivity index (χ4v) is 4.46. The van der Waals surface area contributed by atoms with Gasteiger partial charge in [0.1, 0.15) is 10.3 Å². The van der Waals surface area contributed by atoms with E-state index in [-0.39, 0.29) is 5.89 Å². The van der Waals surface area contributed by atoms with Gasteiger partial charge in [-0.2, -0.15) is 10.4 Å². The number of aromatic nitrogens is 4. The van der Waals surface area contributed by atoms with Gasteiger partial charge in [0.15, 0.2) is 5.82 Å². The van der Waals surface area contributed by atoms with E-state index < -0.39 is 5.63 Å². The highest BCUT2D eigenvalue weighted by Gasteiger charge is 2.23. The molecular formula is C21H13BrClN5O2. The predicted octanol–water partition coefficient (Wildman–Crippen LogP) is 4.60. The van der Waals surface area contributed by atoms with Crippen molar-refractivity contribution in [3.63, 3.8) is 0 Å². The Hall–Kier alpha value is -3.02. The van der Waals surface area contributed by atoms with Gasteiger partial charge in [0.05, 0.1) is 27.6 Å². The van der Waals surface area contributed by atoms with E-state index in [0.29, 0.717) is 37.6 Å². The molecule has 0 bridgehead atoms. The molecule has 3 heterocycles. The molecule has 0 spiro atoms. The Morgan fingerprint density at radius 2 is 2.03 bits per heavy atom. The molecule has 1 aromatic carbocycles.